The smallest absolute Gasteiger partial charge is 0.317 e. The number of carbonyl (C=O) groups excluding carboxylic acids is 3. The molecule has 2 aliphatic heterocycles. The molecule has 0 aromatic heterocycles. The number of hydrogen-bond acceptors (Lipinski definition) is 3. The second kappa shape index (κ2) is 10.8. The molecule has 2 fully saturated rings. The van der Waals surface area contributed by atoms with E-state index in [1.807, 2.05) is 11.8 Å². The van der Waals surface area contributed by atoms with Gasteiger partial charge < -0.3 is 20.4 Å². The van der Waals surface area contributed by atoms with E-state index >= 15 is 0 Å². The Kier molecular flexibility index (Phi) is 8.78. The van der Waals surface area contributed by atoms with Crippen molar-refractivity contribution in [3.63, 3.8) is 0 Å². The first-order chi connectivity index (χ1) is 13.9. The molecule has 0 aliphatic carbocycles. The van der Waals surface area contributed by atoms with Gasteiger partial charge in [0.2, 0.25) is 11.8 Å². The summed E-state index contributed by atoms with van der Waals surface area (Å²) in [6.07, 6.45) is 6.97. The van der Waals surface area contributed by atoms with Gasteiger partial charge in [0, 0.05) is 26.2 Å². The van der Waals surface area contributed by atoms with Crippen LogP contribution in [0.25, 0.3) is 0 Å². The predicted molar refractivity (Wildman–Crippen MR) is 114 cm³/mol. The van der Waals surface area contributed by atoms with Gasteiger partial charge in [0.05, 0.1) is 0 Å². The molecule has 4 amide bonds. The number of piperazine rings is 1. The van der Waals surface area contributed by atoms with Gasteiger partial charge in [0.25, 0.3) is 0 Å². The maximum absolute atomic E-state index is 13.1. The van der Waals surface area contributed by atoms with Crippen LogP contribution in [0.2, 0.25) is 0 Å². The molecule has 2 N–H and O–H groups in total. The van der Waals surface area contributed by atoms with Gasteiger partial charge in [0.1, 0.15) is 11.6 Å². The number of piperidine rings is 1. The Morgan fingerprint density at radius 1 is 1.14 bits per heavy atom. The fraction of sp³-hybridized carbons (Fsp3) is 0.864. The highest BCUT2D eigenvalue weighted by Gasteiger charge is 2.53. The molecular weight excluding hydrogens is 368 g/mol. The summed E-state index contributed by atoms with van der Waals surface area (Å²) in [5.41, 5.74) is -0.807. The Morgan fingerprint density at radius 2 is 1.83 bits per heavy atom. The van der Waals surface area contributed by atoms with E-state index in [2.05, 4.69) is 31.4 Å². The van der Waals surface area contributed by atoms with E-state index in [1.54, 1.807) is 4.90 Å². The Morgan fingerprint density at radius 3 is 2.41 bits per heavy atom. The van der Waals surface area contributed by atoms with Crippen LogP contribution in [-0.4, -0.2) is 65.4 Å². The maximum atomic E-state index is 13.1. The summed E-state index contributed by atoms with van der Waals surface area (Å²) in [5.74, 6) is 0.328. The van der Waals surface area contributed by atoms with E-state index in [4.69, 9.17) is 0 Å². The van der Waals surface area contributed by atoms with Gasteiger partial charge in [-0.05, 0) is 38.0 Å². The maximum Gasteiger partial charge on any atom is 0.317 e. The number of unbranched alkanes of at least 4 members (excludes halogenated alkanes) is 3. The lowest BCUT2D eigenvalue weighted by molar-refractivity contribution is -0.161. The normalized spacial score (nSPS) is 21.6. The minimum absolute atomic E-state index is 0.0361. The highest BCUT2D eigenvalue weighted by molar-refractivity contribution is 6.00. The Hall–Kier alpha value is -1.79. The van der Waals surface area contributed by atoms with Crippen LogP contribution in [-0.2, 0) is 9.59 Å². The van der Waals surface area contributed by atoms with Crippen molar-refractivity contribution in [1.82, 2.24) is 20.4 Å². The number of likely N-dealkylation sites (tertiary alicyclic amines) is 1. The summed E-state index contributed by atoms with van der Waals surface area (Å²) in [7, 11) is 0. The monoisotopic (exact) mass is 408 g/mol. The van der Waals surface area contributed by atoms with Crippen LogP contribution in [0.3, 0.4) is 0 Å². The third-order valence-corrected chi connectivity index (χ3v) is 6.15. The van der Waals surface area contributed by atoms with Crippen LogP contribution >= 0.6 is 0 Å². The summed E-state index contributed by atoms with van der Waals surface area (Å²) in [4.78, 5) is 42.3. The highest BCUT2D eigenvalue weighted by Crippen LogP contribution is 2.34. The molecule has 0 aromatic rings. The third kappa shape index (κ3) is 5.64. The molecule has 166 valence electrons. The summed E-state index contributed by atoms with van der Waals surface area (Å²) in [6.45, 7) is 10.6. The van der Waals surface area contributed by atoms with Gasteiger partial charge in [-0.1, -0.05) is 47.0 Å². The van der Waals surface area contributed by atoms with E-state index in [1.165, 1.54) is 12.8 Å². The molecule has 7 nitrogen and oxygen atoms in total. The molecule has 1 spiro atoms. The fourth-order valence-electron chi connectivity index (χ4n) is 4.49. The molecule has 2 rings (SSSR count). The fourth-order valence-corrected chi connectivity index (χ4v) is 4.49. The minimum Gasteiger partial charge on any atom is -0.342 e. The largest absolute Gasteiger partial charge is 0.342 e. The number of urea groups is 1. The molecule has 29 heavy (non-hydrogen) atoms. The lowest BCUT2D eigenvalue weighted by Gasteiger charge is -2.51. The summed E-state index contributed by atoms with van der Waals surface area (Å²) >= 11 is 0. The molecule has 0 saturated carbocycles. The molecular formula is C22H40N4O3. The Bertz CT molecular complexity index is 570. The lowest BCUT2D eigenvalue weighted by atomic mass is 9.81. The van der Waals surface area contributed by atoms with Gasteiger partial charge in [-0.2, -0.15) is 0 Å². The number of carbonyl (C=O) groups is 3. The van der Waals surface area contributed by atoms with Crippen molar-refractivity contribution in [2.75, 3.05) is 26.2 Å². The van der Waals surface area contributed by atoms with E-state index in [0.717, 1.165) is 19.3 Å². The van der Waals surface area contributed by atoms with Crippen molar-refractivity contribution in [3.8, 4) is 0 Å². The lowest BCUT2D eigenvalue weighted by Crippen LogP contribution is -2.73. The highest BCUT2D eigenvalue weighted by atomic mass is 16.2. The first-order valence-electron chi connectivity index (χ1n) is 11.5. The van der Waals surface area contributed by atoms with Crippen LogP contribution in [0.5, 0.6) is 0 Å². The van der Waals surface area contributed by atoms with Crippen molar-refractivity contribution in [2.45, 2.75) is 90.6 Å². The predicted octanol–water partition coefficient (Wildman–Crippen LogP) is 2.89. The first kappa shape index (κ1) is 23.5. The SMILES string of the molecule is CCCCCCNC(=O)N1CCC2(CC1)C(=O)NC(CC(C)C)C(=O)N2CCC. The molecule has 1 atom stereocenters. The van der Waals surface area contributed by atoms with Crippen molar-refractivity contribution in [3.05, 3.63) is 0 Å². The van der Waals surface area contributed by atoms with Crippen LogP contribution in [0.1, 0.15) is 79.1 Å². The third-order valence-electron chi connectivity index (χ3n) is 6.15. The Balaban J connectivity index is 1.98. The molecule has 2 heterocycles. The van der Waals surface area contributed by atoms with E-state index in [9.17, 15) is 14.4 Å². The van der Waals surface area contributed by atoms with Crippen LogP contribution < -0.4 is 10.6 Å². The molecule has 0 bridgehead atoms. The number of rotatable bonds is 9. The summed E-state index contributed by atoms with van der Waals surface area (Å²) < 4.78 is 0. The van der Waals surface area contributed by atoms with Gasteiger partial charge in [-0.15, -0.1) is 0 Å². The number of nitrogens with zero attached hydrogens (tertiary/aromatic N) is 2. The quantitative estimate of drug-likeness (QED) is 0.576. The van der Waals surface area contributed by atoms with Crippen molar-refractivity contribution in [1.29, 1.82) is 0 Å². The molecule has 7 heteroatoms. The molecule has 0 radical (unpaired) electrons. The standard InChI is InChI=1S/C22H40N4O3/c1-5-7-8-9-12-23-21(29)25-14-10-22(11-15-25)20(28)24-18(16-17(3)4)19(27)26(22)13-6-2/h17-18H,5-16H2,1-4H3,(H,23,29)(H,24,28). The number of nitrogens with one attached hydrogen (secondary N) is 2. The second-order valence-corrected chi connectivity index (χ2v) is 8.96. The summed E-state index contributed by atoms with van der Waals surface area (Å²) in [6, 6.07) is -0.484. The average Bonchev–Trinajstić information content (AvgIpc) is 2.69. The van der Waals surface area contributed by atoms with Gasteiger partial charge >= 0.3 is 6.03 Å². The molecule has 2 saturated heterocycles. The zero-order valence-corrected chi connectivity index (χ0v) is 18.8. The number of amides is 4. The number of hydrogen-bond donors (Lipinski definition) is 2. The van der Waals surface area contributed by atoms with Gasteiger partial charge in [-0.3, -0.25) is 9.59 Å². The first-order valence-corrected chi connectivity index (χ1v) is 11.5. The van der Waals surface area contributed by atoms with E-state index in [-0.39, 0.29) is 17.8 Å². The average molecular weight is 409 g/mol. The van der Waals surface area contributed by atoms with Crippen molar-refractivity contribution < 1.29 is 14.4 Å². The van der Waals surface area contributed by atoms with E-state index < -0.39 is 11.6 Å². The molecule has 1 unspecified atom stereocenters. The van der Waals surface area contributed by atoms with Crippen LogP contribution in [0, 0.1) is 5.92 Å². The Labute approximate surface area is 175 Å². The van der Waals surface area contributed by atoms with Crippen molar-refractivity contribution in [2.24, 2.45) is 5.92 Å². The second-order valence-electron chi connectivity index (χ2n) is 8.96. The van der Waals surface area contributed by atoms with Gasteiger partial charge in [0.15, 0.2) is 0 Å². The minimum atomic E-state index is -0.807. The molecule has 0 aromatic carbocycles. The summed E-state index contributed by atoms with van der Waals surface area (Å²) in [5, 5.41) is 5.99. The van der Waals surface area contributed by atoms with Crippen LogP contribution in [0.4, 0.5) is 4.79 Å². The van der Waals surface area contributed by atoms with Crippen LogP contribution in [0.15, 0.2) is 0 Å². The zero-order chi connectivity index (χ0) is 21.4. The van der Waals surface area contributed by atoms with Gasteiger partial charge in [-0.25, -0.2) is 4.79 Å². The van der Waals surface area contributed by atoms with E-state index in [0.29, 0.717) is 51.4 Å². The van der Waals surface area contributed by atoms with Crippen molar-refractivity contribution >= 4 is 17.8 Å². The zero-order valence-electron chi connectivity index (χ0n) is 18.8. The topological polar surface area (TPSA) is 81.8 Å². The molecule has 2 aliphatic rings.